The second-order valence-electron chi connectivity index (χ2n) is 7.95. The molecule has 1 unspecified atom stereocenters. The van der Waals surface area contributed by atoms with Gasteiger partial charge in [-0.25, -0.2) is 4.98 Å². The van der Waals surface area contributed by atoms with E-state index < -0.39 is 0 Å². The van der Waals surface area contributed by atoms with Gasteiger partial charge >= 0.3 is 0 Å². The average Bonchev–Trinajstić information content (AvgIpc) is 3.22. The van der Waals surface area contributed by atoms with E-state index in [1.807, 2.05) is 37.3 Å². The highest BCUT2D eigenvalue weighted by molar-refractivity contribution is 5.91. The molecule has 0 spiro atoms. The van der Waals surface area contributed by atoms with Crippen LogP contribution in [0.5, 0.6) is 0 Å². The lowest BCUT2D eigenvalue weighted by Crippen LogP contribution is -2.48. The normalized spacial score (nSPS) is 16.5. The Morgan fingerprint density at radius 2 is 1.87 bits per heavy atom. The fourth-order valence-corrected chi connectivity index (χ4v) is 3.82. The van der Waals surface area contributed by atoms with Crippen LogP contribution in [-0.4, -0.2) is 76.1 Å². The van der Waals surface area contributed by atoms with Crippen molar-refractivity contribution < 1.29 is 14.3 Å². The van der Waals surface area contributed by atoms with E-state index in [0.717, 1.165) is 51.1 Å². The Morgan fingerprint density at radius 1 is 1.17 bits per heavy atom. The molecular weight excluding hydrogens is 380 g/mol. The molecule has 1 saturated heterocycles. The zero-order chi connectivity index (χ0) is 21.3. The lowest BCUT2D eigenvalue weighted by Gasteiger charge is -2.34. The Labute approximate surface area is 179 Å². The van der Waals surface area contributed by atoms with Gasteiger partial charge in [0.05, 0.1) is 12.6 Å². The highest BCUT2D eigenvalue weighted by Gasteiger charge is 2.22. The first-order chi connectivity index (χ1) is 14.6. The highest BCUT2D eigenvalue weighted by atomic mass is 16.3. The van der Waals surface area contributed by atoms with Gasteiger partial charge in [0.15, 0.2) is 5.69 Å². The van der Waals surface area contributed by atoms with Gasteiger partial charge in [0, 0.05) is 45.8 Å². The van der Waals surface area contributed by atoms with E-state index in [2.05, 4.69) is 21.7 Å². The number of benzene rings is 1. The molecule has 1 atom stereocenters. The summed E-state index contributed by atoms with van der Waals surface area (Å²) in [4.78, 5) is 23.7. The molecule has 1 amide bonds. The third kappa shape index (κ3) is 6.39. The van der Waals surface area contributed by atoms with Crippen LogP contribution >= 0.6 is 0 Å². The molecule has 0 aliphatic carbocycles. The van der Waals surface area contributed by atoms with Gasteiger partial charge in [0.1, 0.15) is 6.26 Å². The predicted octanol–water partition coefficient (Wildman–Crippen LogP) is 2.62. The van der Waals surface area contributed by atoms with Crippen molar-refractivity contribution in [1.82, 2.24) is 19.7 Å². The Kier molecular flexibility index (Phi) is 8.42. The van der Waals surface area contributed by atoms with E-state index in [1.54, 1.807) is 4.90 Å². The van der Waals surface area contributed by atoms with Gasteiger partial charge in [0.2, 0.25) is 5.89 Å². The van der Waals surface area contributed by atoms with Gasteiger partial charge in [-0.15, -0.1) is 0 Å². The van der Waals surface area contributed by atoms with Crippen molar-refractivity contribution in [3.05, 3.63) is 53.7 Å². The summed E-state index contributed by atoms with van der Waals surface area (Å²) in [5, 5.41) is 10.00. The molecule has 1 aliphatic rings. The summed E-state index contributed by atoms with van der Waals surface area (Å²) in [5.74, 6) is 0.472. The number of hydrogen-bond acceptors (Lipinski definition) is 6. The quantitative estimate of drug-likeness (QED) is 0.644. The molecule has 0 bridgehead atoms. The molecule has 1 fully saturated rings. The first-order valence-corrected chi connectivity index (χ1v) is 11.0. The minimum atomic E-state index is -0.237. The van der Waals surface area contributed by atoms with E-state index in [0.29, 0.717) is 31.2 Å². The standard InChI is InChI=1S/C23H34N4O3/c1-3-8-20(28)16-25-11-13-26(14-12-25)17-22-24-21(18-30-22)23(29)27(4-2)15-19-9-6-5-7-10-19/h5-7,9-10,18,20,28H,3-4,8,11-17H2,1-2H3. The van der Waals surface area contributed by atoms with Crippen LogP contribution in [0, 0.1) is 0 Å². The summed E-state index contributed by atoms with van der Waals surface area (Å²) in [7, 11) is 0. The molecular formula is C23H34N4O3. The van der Waals surface area contributed by atoms with Crippen molar-refractivity contribution in [3.8, 4) is 0 Å². The number of oxazole rings is 1. The Balaban J connectivity index is 1.49. The Bertz CT molecular complexity index is 772. The molecule has 7 nitrogen and oxygen atoms in total. The van der Waals surface area contributed by atoms with E-state index in [4.69, 9.17) is 4.42 Å². The summed E-state index contributed by atoms with van der Waals surface area (Å²) >= 11 is 0. The molecule has 0 radical (unpaired) electrons. The Morgan fingerprint density at radius 3 is 2.53 bits per heavy atom. The van der Waals surface area contributed by atoms with Crippen LogP contribution < -0.4 is 0 Å². The summed E-state index contributed by atoms with van der Waals surface area (Å²) in [6.45, 7) is 10.2. The first kappa shape index (κ1) is 22.5. The molecule has 0 saturated carbocycles. The van der Waals surface area contributed by atoms with Crippen molar-refractivity contribution in [3.63, 3.8) is 0 Å². The molecule has 7 heteroatoms. The van der Waals surface area contributed by atoms with Crippen LogP contribution in [-0.2, 0) is 13.1 Å². The van der Waals surface area contributed by atoms with Crippen molar-refractivity contribution in [2.45, 2.75) is 45.9 Å². The summed E-state index contributed by atoms with van der Waals surface area (Å²) in [5.41, 5.74) is 1.46. The Hall–Kier alpha value is -2.22. The fraction of sp³-hybridized carbons (Fsp3) is 0.565. The van der Waals surface area contributed by atoms with E-state index in [1.165, 1.54) is 6.26 Å². The number of aliphatic hydroxyl groups is 1. The lowest BCUT2D eigenvalue weighted by atomic mass is 10.2. The number of aliphatic hydroxyl groups excluding tert-OH is 1. The molecule has 1 aliphatic heterocycles. The number of β-amino-alcohol motifs (C(OH)–C–C–N with tert-alkyl or cyclic N) is 1. The third-order valence-corrected chi connectivity index (χ3v) is 5.57. The monoisotopic (exact) mass is 414 g/mol. The minimum absolute atomic E-state index is 0.105. The topological polar surface area (TPSA) is 73.1 Å². The van der Waals surface area contributed by atoms with Gasteiger partial charge in [-0.3, -0.25) is 14.6 Å². The van der Waals surface area contributed by atoms with Crippen molar-refractivity contribution in [2.24, 2.45) is 0 Å². The summed E-state index contributed by atoms with van der Waals surface area (Å²) in [6.07, 6.45) is 3.10. The van der Waals surface area contributed by atoms with Crippen molar-refractivity contribution in [1.29, 1.82) is 0 Å². The minimum Gasteiger partial charge on any atom is -0.447 e. The second kappa shape index (κ2) is 11.2. The maximum absolute atomic E-state index is 12.8. The number of nitrogens with zero attached hydrogens (tertiary/aromatic N) is 4. The van der Waals surface area contributed by atoms with Gasteiger partial charge in [-0.05, 0) is 18.9 Å². The number of amides is 1. The number of piperazine rings is 1. The van der Waals surface area contributed by atoms with Crippen LogP contribution in [0.25, 0.3) is 0 Å². The zero-order valence-electron chi connectivity index (χ0n) is 18.2. The lowest BCUT2D eigenvalue weighted by molar-refractivity contribution is 0.0634. The number of rotatable bonds is 10. The molecule has 2 heterocycles. The maximum atomic E-state index is 12.8. The third-order valence-electron chi connectivity index (χ3n) is 5.57. The predicted molar refractivity (Wildman–Crippen MR) is 116 cm³/mol. The van der Waals surface area contributed by atoms with Crippen LogP contribution in [0.3, 0.4) is 0 Å². The molecule has 3 rings (SSSR count). The smallest absolute Gasteiger partial charge is 0.276 e. The van der Waals surface area contributed by atoms with Gasteiger partial charge in [-0.1, -0.05) is 43.7 Å². The van der Waals surface area contributed by atoms with Crippen molar-refractivity contribution in [2.75, 3.05) is 39.3 Å². The fourth-order valence-electron chi connectivity index (χ4n) is 3.82. The van der Waals surface area contributed by atoms with Crippen LogP contribution in [0.15, 0.2) is 41.0 Å². The number of carbonyl (C=O) groups excluding carboxylic acids is 1. The highest BCUT2D eigenvalue weighted by Crippen LogP contribution is 2.13. The maximum Gasteiger partial charge on any atom is 0.276 e. The van der Waals surface area contributed by atoms with Crippen LogP contribution in [0.4, 0.5) is 0 Å². The van der Waals surface area contributed by atoms with Crippen LogP contribution in [0.1, 0.15) is 48.6 Å². The van der Waals surface area contributed by atoms with E-state index in [9.17, 15) is 9.90 Å². The molecule has 2 aromatic rings. The summed E-state index contributed by atoms with van der Waals surface area (Å²) in [6, 6.07) is 9.97. The molecule has 1 N–H and O–H groups in total. The van der Waals surface area contributed by atoms with E-state index >= 15 is 0 Å². The van der Waals surface area contributed by atoms with Crippen LogP contribution in [0.2, 0.25) is 0 Å². The second-order valence-corrected chi connectivity index (χ2v) is 7.95. The molecule has 1 aromatic heterocycles. The van der Waals surface area contributed by atoms with Crippen molar-refractivity contribution >= 4 is 5.91 Å². The number of carbonyl (C=O) groups is 1. The van der Waals surface area contributed by atoms with Gasteiger partial charge in [0.25, 0.3) is 5.91 Å². The molecule has 164 valence electrons. The SMILES string of the molecule is CCCC(O)CN1CCN(Cc2nc(C(=O)N(CC)Cc3ccccc3)co2)CC1. The molecule has 1 aromatic carbocycles. The number of hydrogen-bond donors (Lipinski definition) is 1. The van der Waals surface area contributed by atoms with Gasteiger partial charge < -0.3 is 14.4 Å². The molecule has 30 heavy (non-hydrogen) atoms. The van der Waals surface area contributed by atoms with E-state index in [-0.39, 0.29) is 12.0 Å². The van der Waals surface area contributed by atoms with Gasteiger partial charge in [-0.2, -0.15) is 0 Å². The number of aromatic nitrogens is 1. The summed E-state index contributed by atoms with van der Waals surface area (Å²) < 4.78 is 5.60. The average molecular weight is 415 g/mol. The first-order valence-electron chi connectivity index (χ1n) is 11.0. The largest absolute Gasteiger partial charge is 0.447 e. The zero-order valence-corrected chi connectivity index (χ0v) is 18.2.